The molecule has 0 saturated heterocycles. The average molecular weight is 382 g/mol. The number of allylic oxidation sites excluding steroid dienone is 1. The molecule has 0 fully saturated rings. The molecule has 1 amide bonds. The van der Waals surface area contributed by atoms with Crippen molar-refractivity contribution < 1.29 is 14.1 Å². The third-order valence-electron chi connectivity index (χ3n) is 3.33. The first kappa shape index (κ1) is 18.3. The summed E-state index contributed by atoms with van der Waals surface area (Å²) in [6.07, 6.45) is 4.35. The van der Waals surface area contributed by atoms with Crippen molar-refractivity contribution in [3.05, 3.63) is 70.5 Å². The van der Waals surface area contributed by atoms with E-state index in [9.17, 15) is 14.9 Å². The van der Waals surface area contributed by atoms with Gasteiger partial charge in [-0.15, -0.1) is 0 Å². The second-order valence-corrected chi connectivity index (χ2v) is 6.23. The number of carbonyl (C=O) groups excluding carboxylic acids is 1. The van der Waals surface area contributed by atoms with Crippen LogP contribution in [-0.4, -0.2) is 27.8 Å². The number of pyridine rings is 1. The molecule has 0 atom stereocenters. The van der Waals surface area contributed by atoms with Crippen molar-refractivity contribution >= 4 is 46.7 Å². The molecular formula is C18H14N4O4S. The molecule has 1 aromatic carbocycles. The van der Waals surface area contributed by atoms with E-state index in [4.69, 9.17) is 4.42 Å². The van der Waals surface area contributed by atoms with E-state index in [1.165, 1.54) is 42.3 Å². The highest BCUT2D eigenvalue weighted by Crippen LogP contribution is 2.19. The number of thioether (sulfide) groups is 1. The number of para-hydroxylation sites is 1. The van der Waals surface area contributed by atoms with E-state index in [2.05, 4.69) is 15.5 Å². The lowest BCUT2D eigenvalue weighted by atomic mass is 10.2. The number of hydrazone groups is 1. The monoisotopic (exact) mass is 382 g/mol. The molecule has 0 aliphatic heterocycles. The summed E-state index contributed by atoms with van der Waals surface area (Å²) >= 11 is 1.32. The minimum atomic E-state index is -0.617. The maximum Gasteiger partial charge on any atom is 0.433 e. The first-order valence-corrected chi connectivity index (χ1v) is 8.82. The van der Waals surface area contributed by atoms with Crippen LogP contribution in [0, 0.1) is 10.1 Å². The van der Waals surface area contributed by atoms with Gasteiger partial charge in [-0.2, -0.15) is 5.10 Å². The van der Waals surface area contributed by atoms with Crippen LogP contribution < -0.4 is 5.43 Å². The second-order valence-electron chi connectivity index (χ2n) is 5.24. The van der Waals surface area contributed by atoms with Gasteiger partial charge in [-0.3, -0.25) is 14.9 Å². The Balaban J connectivity index is 1.45. The van der Waals surface area contributed by atoms with Crippen molar-refractivity contribution in [2.75, 3.05) is 5.75 Å². The Hall–Kier alpha value is -3.46. The van der Waals surface area contributed by atoms with Crippen LogP contribution in [0.15, 0.2) is 69.2 Å². The third-order valence-corrected chi connectivity index (χ3v) is 4.26. The topological polar surface area (TPSA) is 111 Å². The van der Waals surface area contributed by atoms with E-state index in [0.29, 0.717) is 5.76 Å². The summed E-state index contributed by atoms with van der Waals surface area (Å²) in [7, 11) is 0. The number of amides is 1. The summed E-state index contributed by atoms with van der Waals surface area (Å²) in [5, 5.41) is 16.1. The smallest absolute Gasteiger partial charge is 0.401 e. The highest BCUT2D eigenvalue weighted by molar-refractivity contribution is 7.99. The fourth-order valence-corrected chi connectivity index (χ4v) is 2.79. The number of hydrogen-bond donors (Lipinski definition) is 1. The van der Waals surface area contributed by atoms with Crippen LogP contribution in [0.4, 0.5) is 5.88 Å². The van der Waals surface area contributed by atoms with Crippen molar-refractivity contribution in [1.82, 2.24) is 10.4 Å². The largest absolute Gasteiger partial charge is 0.433 e. The van der Waals surface area contributed by atoms with E-state index in [-0.39, 0.29) is 17.5 Å². The summed E-state index contributed by atoms with van der Waals surface area (Å²) in [5.41, 5.74) is 3.27. The summed E-state index contributed by atoms with van der Waals surface area (Å²) in [5.74, 6) is -0.110. The average Bonchev–Trinajstić information content (AvgIpc) is 3.15. The van der Waals surface area contributed by atoms with Crippen LogP contribution in [0.25, 0.3) is 17.0 Å². The predicted octanol–water partition coefficient (Wildman–Crippen LogP) is 3.64. The zero-order valence-electron chi connectivity index (χ0n) is 13.9. The van der Waals surface area contributed by atoms with Crippen molar-refractivity contribution in [2.45, 2.75) is 5.03 Å². The fourth-order valence-electron chi connectivity index (χ4n) is 2.12. The zero-order chi connectivity index (χ0) is 19.1. The van der Waals surface area contributed by atoms with Gasteiger partial charge in [0.1, 0.15) is 10.7 Å². The van der Waals surface area contributed by atoms with E-state index in [1.807, 2.05) is 36.4 Å². The van der Waals surface area contributed by atoms with Gasteiger partial charge in [-0.1, -0.05) is 36.0 Å². The lowest BCUT2D eigenvalue weighted by Gasteiger charge is -2.02. The normalized spacial score (nSPS) is 11.4. The molecule has 136 valence electrons. The van der Waals surface area contributed by atoms with Crippen LogP contribution in [-0.2, 0) is 4.79 Å². The summed E-state index contributed by atoms with van der Waals surface area (Å²) < 4.78 is 4.95. The van der Waals surface area contributed by atoms with Gasteiger partial charge in [0, 0.05) is 11.6 Å². The van der Waals surface area contributed by atoms with Crippen molar-refractivity contribution in [1.29, 1.82) is 0 Å². The van der Waals surface area contributed by atoms with Gasteiger partial charge in [0.05, 0.1) is 22.4 Å². The van der Waals surface area contributed by atoms with Crippen molar-refractivity contribution in [2.24, 2.45) is 5.10 Å². The molecule has 0 spiro atoms. The Morgan fingerprint density at radius 2 is 2.11 bits per heavy atom. The Morgan fingerprint density at radius 3 is 2.93 bits per heavy atom. The van der Waals surface area contributed by atoms with Gasteiger partial charge in [0.2, 0.25) is 5.91 Å². The van der Waals surface area contributed by atoms with Gasteiger partial charge in [0.25, 0.3) is 0 Å². The highest BCUT2D eigenvalue weighted by Gasteiger charge is 2.09. The molecule has 3 rings (SSSR count). The molecule has 3 aromatic rings. The Kier molecular flexibility index (Phi) is 5.95. The first-order valence-electron chi connectivity index (χ1n) is 7.83. The predicted molar refractivity (Wildman–Crippen MR) is 103 cm³/mol. The maximum absolute atomic E-state index is 11.8. The van der Waals surface area contributed by atoms with Crippen LogP contribution in [0.2, 0.25) is 0 Å². The lowest BCUT2D eigenvalue weighted by molar-refractivity contribution is -0.402. The molecule has 0 aliphatic carbocycles. The molecule has 1 N–H and O–H groups in total. The molecule has 0 aliphatic rings. The van der Waals surface area contributed by atoms with Crippen LogP contribution >= 0.6 is 11.8 Å². The molecule has 2 aromatic heterocycles. The number of carbonyl (C=O) groups is 1. The highest BCUT2D eigenvalue weighted by atomic mass is 32.2. The molecular weight excluding hydrogens is 368 g/mol. The van der Waals surface area contributed by atoms with Crippen molar-refractivity contribution in [3.63, 3.8) is 0 Å². The maximum atomic E-state index is 11.8. The quantitative estimate of drug-likeness (QED) is 0.289. The minimum Gasteiger partial charge on any atom is -0.401 e. The number of fused-ring (bicyclic) bond motifs is 1. The summed E-state index contributed by atoms with van der Waals surface area (Å²) in [6, 6.07) is 14.3. The lowest BCUT2D eigenvalue weighted by Crippen LogP contribution is -2.19. The summed E-state index contributed by atoms with van der Waals surface area (Å²) in [6.45, 7) is 0. The number of rotatable bonds is 7. The molecule has 27 heavy (non-hydrogen) atoms. The Morgan fingerprint density at radius 1 is 1.26 bits per heavy atom. The van der Waals surface area contributed by atoms with Gasteiger partial charge in [0.15, 0.2) is 0 Å². The van der Waals surface area contributed by atoms with E-state index in [0.717, 1.165) is 15.9 Å². The summed E-state index contributed by atoms with van der Waals surface area (Å²) in [4.78, 5) is 26.2. The number of nitrogens with one attached hydrogen (secondary N) is 1. The number of furan rings is 1. The fraction of sp³-hybridized carbons (Fsp3) is 0.0556. The van der Waals surface area contributed by atoms with Crippen LogP contribution in [0.3, 0.4) is 0 Å². The van der Waals surface area contributed by atoms with Crippen LogP contribution in [0.5, 0.6) is 0 Å². The Bertz CT molecular complexity index is 1030. The van der Waals surface area contributed by atoms with Gasteiger partial charge >= 0.3 is 5.88 Å². The number of nitro groups is 1. The molecule has 8 nitrogen and oxygen atoms in total. The van der Waals surface area contributed by atoms with E-state index >= 15 is 0 Å². The number of hydrogen-bond acceptors (Lipinski definition) is 7. The SMILES string of the molecule is O=C(CSc1ccc2ccccc2n1)NN=CC=Cc1ccc([N+](=O)[O-])o1. The molecule has 0 unspecified atom stereocenters. The number of benzene rings is 1. The van der Waals surface area contributed by atoms with Crippen LogP contribution in [0.1, 0.15) is 5.76 Å². The van der Waals surface area contributed by atoms with Gasteiger partial charge < -0.3 is 4.42 Å². The number of aromatic nitrogens is 1. The minimum absolute atomic E-state index is 0.177. The van der Waals surface area contributed by atoms with Crippen molar-refractivity contribution in [3.8, 4) is 0 Å². The standard InChI is InChI=1S/C18H14N4O4S/c23-16(12-27-17-9-7-13-4-1-2-6-15(13)20-17)21-19-11-3-5-14-8-10-18(26-14)22(24)25/h1-11H,12H2,(H,21,23). The zero-order valence-corrected chi connectivity index (χ0v) is 14.8. The third kappa shape index (κ3) is 5.25. The Labute approximate surface area is 158 Å². The first-order chi connectivity index (χ1) is 13.1. The molecule has 2 heterocycles. The van der Waals surface area contributed by atoms with E-state index in [1.54, 1.807) is 0 Å². The second kappa shape index (κ2) is 8.77. The number of nitrogens with zero attached hydrogens (tertiary/aromatic N) is 3. The van der Waals surface area contributed by atoms with Gasteiger partial charge in [-0.05, 0) is 30.4 Å². The molecule has 0 saturated carbocycles. The molecule has 0 radical (unpaired) electrons. The molecule has 9 heteroatoms. The molecule has 0 bridgehead atoms. The van der Waals surface area contributed by atoms with Gasteiger partial charge in [-0.25, -0.2) is 10.4 Å². The van der Waals surface area contributed by atoms with E-state index < -0.39 is 4.92 Å².